The molecular weight excluding hydrogens is 380 g/mol. The summed E-state index contributed by atoms with van der Waals surface area (Å²) in [6, 6.07) is 19.0. The number of carbonyl (C=O) groups excluding carboxylic acids is 1. The van der Waals surface area contributed by atoms with Gasteiger partial charge < -0.3 is 10.1 Å². The van der Waals surface area contributed by atoms with Gasteiger partial charge in [-0.1, -0.05) is 41.9 Å². The van der Waals surface area contributed by atoms with Gasteiger partial charge in [-0.25, -0.2) is 0 Å². The van der Waals surface area contributed by atoms with E-state index in [9.17, 15) is 14.9 Å². The minimum atomic E-state index is -0.563. The van der Waals surface area contributed by atoms with Crippen molar-refractivity contribution in [2.24, 2.45) is 0 Å². The van der Waals surface area contributed by atoms with Crippen LogP contribution in [0.25, 0.3) is 0 Å². The van der Waals surface area contributed by atoms with E-state index in [0.717, 1.165) is 22.9 Å². The lowest BCUT2D eigenvalue weighted by atomic mass is 10.0. The number of methoxy groups -OCH3 is 1. The van der Waals surface area contributed by atoms with Gasteiger partial charge in [0.25, 0.3) is 11.6 Å². The Morgan fingerprint density at radius 1 is 1.11 bits per heavy atom. The van der Waals surface area contributed by atoms with Crippen molar-refractivity contribution in [1.29, 1.82) is 0 Å². The Morgan fingerprint density at radius 2 is 1.86 bits per heavy atom. The second-order valence-corrected chi connectivity index (χ2v) is 6.47. The standard InChI is InChI=1S/C21H17ClN2O4/c1-28-20-10-7-16(12-15(20)11-14-5-3-2-4-6-14)23-21(25)18-9-8-17(24(26)27)13-19(18)22/h2-10,12-13H,11H2,1H3,(H,23,25). The maximum atomic E-state index is 12.5. The molecule has 142 valence electrons. The smallest absolute Gasteiger partial charge is 0.270 e. The SMILES string of the molecule is COc1ccc(NC(=O)c2ccc([N+](=O)[O-])cc2Cl)cc1Cc1ccccc1. The number of halogens is 1. The molecule has 28 heavy (non-hydrogen) atoms. The molecule has 0 atom stereocenters. The summed E-state index contributed by atoms with van der Waals surface area (Å²) in [5.41, 5.74) is 2.60. The van der Waals surface area contributed by atoms with E-state index in [4.69, 9.17) is 16.3 Å². The van der Waals surface area contributed by atoms with Crippen LogP contribution in [0.4, 0.5) is 11.4 Å². The van der Waals surface area contributed by atoms with Gasteiger partial charge in [-0.15, -0.1) is 0 Å². The number of hydrogen-bond acceptors (Lipinski definition) is 4. The molecule has 0 saturated carbocycles. The Hall–Kier alpha value is -3.38. The minimum absolute atomic E-state index is 0.0183. The van der Waals surface area contributed by atoms with E-state index in [1.807, 2.05) is 36.4 Å². The van der Waals surface area contributed by atoms with Gasteiger partial charge in [0.15, 0.2) is 0 Å². The largest absolute Gasteiger partial charge is 0.496 e. The Kier molecular flexibility index (Phi) is 5.91. The summed E-state index contributed by atoms with van der Waals surface area (Å²) in [6.07, 6.45) is 0.645. The van der Waals surface area contributed by atoms with Crippen LogP contribution in [0.5, 0.6) is 5.75 Å². The predicted octanol–water partition coefficient (Wildman–Crippen LogP) is 5.10. The lowest BCUT2D eigenvalue weighted by molar-refractivity contribution is -0.384. The van der Waals surface area contributed by atoms with Crippen LogP contribution in [-0.2, 0) is 6.42 Å². The maximum Gasteiger partial charge on any atom is 0.270 e. The van der Waals surface area contributed by atoms with E-state index in [0.29, 0.717) is 12.1 Å². The van der Waals surface area contributed by atoms with E-state index in [1.165, 1.54) is 12.1 Å². The summed E-state index contributed by atoms with van der Waals surface area (Å²) in [7, 11) is 1.60. The Balaban J connectivity index is 1.83. The molecule has 1 N–H and O–H groups in total. The number of nitro benzene ring substituents is 1. The molecule has 0 heterocycles. The highest BCUT2D eigenvalue weighted by Crippen LogP contribution is 2.27. The molecule has 0 spiro atoms. The van der Waals surface area contributed by atoms with Crippen LogP contribution in [-0.4, -0.2) is 17.9 Å². The summed E-state index contributed by atoms with van der Waals surface area (Å²) < 4.78 is 5.42. The summed E-state index contributed by atoms with van der Waals surface area (Å²) in [4.78, 5) is 22.8. The molecule has 3 aromatic carbocycles. The molecular formula is C21H17ClN2O4. The van der Waals surface area contributed by atoms with Gasteiger partial charge in [-0.3, -0.25) is 14.9 Å². The molecule has 0 aliphatic carbocycles. The lowest BCUT2D eigenvalue weighted by Gasteiger charge is -2.12. The average Bonchev–Trinajstić information content (AvgIpc) is 2.68. The second kappa shape index (κ2) is 8.54. The predicted molar refractivity (Wildman–Crippen MR) is 108 cm³/mol. The van der Waals surface area contributed by atoms with E-state index >= 15 is 0 Å². The molecule has 0 aromatic heterocycles. The van der Waals surface area contributed by atoms with Crippen LogP contribution in [0, 0.1) is 10.1 Å². The first kappa shape index (κ1) is 19.4. The first-order valence-electron chi connectivity index (χ1n) is 8.44. The number of non-ortho nitro benzene ring substituents is 1. The van der Waals surface area contributed by atoms with Crippen LogP contribution in [0.15, 0.2) is 66.7 Å². The number of ether oxygens (including phenoxy) is 1. The molecule has 0 aliphatic heterocycles. The van der Waals surface area contributed by atoms with Crippen LogP contribution in [0.3, 0.4) is 0 Å². The zero-order valence-electron chi connectivity index (χ0n) is 15.0. The van der Waals surface area contributed by atoms with E-state index in [1.54, 1.807) is 19.2 Å². The number of amides is 1. The van der Waals surface area contributed by atoms with Crippen LogP contribution >= 0.6 is 11.6 Å². The van der Waals surface area contributed by atoms with Gasteiger partial charge in [0.05, 0.1) is 22.6 Å². The number of hydrogen-bond donors (Lipinski definition) is 1. The van der Waals surface area contributed by atoms with Crippen molar-refractivity contribution in [3.05, 3.63) is 98.6 Å². The number of nitro groups is 1. The fraction of sp³-hybridized carbons (Fsp3) is 0.0952. The molecule has 0 radical (unpaired) electrons. The van der Waals surface area contributed by atoms with Crippen molar-refractivity contribution in [1.82, 2.24) is 0 Å². The number of carbonyl (C=O) groups is 1. The molecule has 7 heteroatoms. The van der Waals surface area contributed by atoms with Crippen molar-refractivity contribution in [2.75, 3.05) is 12.4 Å². The highest BCUT2D eigenvalue weighted by atomic mass is 35.5. The molecule has 1 amide bonds. The Labute approximate surface area is 166 Å². The van der Waals surface area contributed by atoms with E-state index < -0.39 is 10.8 Å². The normalized spacial score (nSPS) is 10.4. The van der Waals surface area contributed by atoms with Gasteiger partial charge in [-0.05, 0) is 29.8 Å². The fourth-order valence-corrected chi connectivity index (χ4v) is 3.07. The van der Waals surface area contributed by atoms with E-state index in [2.05, 4.69) is 5.32 Å². The molecule has 0 bridgehead atoms. The highest BCUT2D eigenvalue weighted by Gasteiger charge is 2.16. The van der Waals surface area contributed by atoms with Gasteiger partial charge in [0.1, 0.15) is 5.75 Å². The van der Waals surface area contributed by atoms with Crippen molar-refractivity contribution in [3.8, 4) is 5.75 Å². The minimum Gasteiger partial charge on any atom is -0.496 e. The van der Waals surface area contributed by atoms with E-state index in [-0.39, 0.29) is 16.3 Å². The summed E-state index contributed by atoms with van der Waals surface area (Å²) in [6.45, 7) is 0. The zero-order valence-corrected chi connectivity index (χ0v) is 15.8. The average molecular weight is 397 g/mol. The molecule has 6 nitrogen and oxygen atoms in total. The number of anilines is 1. The van der Waals surface area contributed by atoms with Crippen molar-refractivity contribution >= 4 is 28.9 Å². The number of rotatable bonds is 6. The third-order valence-electron chi connectivity index (χ3n) is 4.18. The third kappa shape index (κ3) is 4.47. The van der Waals surface area contributed by atoms with Crippen LogP contribution < -0.4 is 10.1 Å². The quantitative estimate of drug-likeness (QED) is 0.464. The van der Waals surface area contributed by atoms with Crippen LogP contribution in [0.2, 0.25) is 5.02 Å². The molecule has 3 rings (SSSR count). The second-order valence-electron chi connectivity index (χ2n) is 6.06. The van der Waals surface area contributed by atoms with Gasteiger partial charge in [0, 0.05) is 29.8 Å². The molecule has 0 unspecified atom stereocenters. The molecule has 3 aromatic rings. The topological polar surface area (TPSA) is 81.5 Å². The van der Waals surface area contributed by atoms with Gasteiger partial charge >= 0.3 is 0 Å². The van der Waals surface area contributed by atoms with Gasteiger partial charge in [-0.2, -0.15) is 0 Å². The summed E-state index contributed by atoms with van der Waals surface area (Å²) in [5.74, 6) is 0.269. The van der Waals surface area contributed by atoms with Crippen LogP contribution in [0.1, 0.15) is 21.5 Å². The first-order chi connectivity index (χ1) is 13.5. The molecule has 0 fully saturated rings. The fourth-order valence-electron chi connectivity index (χ4n) is 2.81. The summed E-state index contributed by atoms with van der Waals surface area (Å²) >= 11 is 6.04. The number of nitrogens with zero attached hydrogens (tertiary/aromatic N) is 1. The maximum absolute atomic E-state index is 12.5. The molecule has 0 aliphatic rings. The third-order valence-corrected chi connectivity index (χ3v) is 4.50. The Morgan fingerprint density at radius 3 is 2.50 bits per heavy atom. The highest BCUT2D eigenvalue weighted by molar-refractivity contribution is 6.34. The first-order valence-corrected chi connectivity index (χ1v) is 8.82. The van der Waals surface area contributed by atoms with Gasteiger partial charge in [0.2, 0.25) is 0 Å². The van der Waals surface area contributed by atoms with Crippen molar-refractivity contribution in [3.63, 3.8) is 0 Å². The number of nitrogens with one attached hydrogen (secondary N) is 1. The zero-order chi connectivity index (χ0) is 20.1. The Bertz CT molecular complexity index is 1020. The number of benzene rings is 3. The monoisotopic (exact) mass is 396 g/mol. The van der Waals surface area contributed by atoms with Crippen molar-refractivity contribution in [2.45, 2.75) is 6.42 Å². The lowest BCUT2D eigenvalue weighted by Crippen LogP contribution is -2.13. The van der Waals surface area contributed by atoms with Crippen molar-refractivity contribution < 1.29 is 14.5 Å². The summed E-state index contributed by atoms with van der Waals surface area (Å²) in [5, 5.41) is 13.6. The molecule has 0 saturated heterocycles.